The molecular weight excluding hydrogens is 449 g/mol. The molecule has 1 aliphatic rings. The van der Waals surface area contributed by atoms with E-state index in [0.717, 1.165) is 0 Å². The van der Waals surface area contributed by atoms with Crippen molar-refractivity contribution in [2.75, 3.05) is 0 Å². The van der Waals surface area contributed by atoms with Crippen molar-refractivity contribution in [3.05, 3.63) is 0 Å². The molecule has 2 unspecified atom stereocenters. The van der Waals surface area contributed by atoms with Gasteiger partial charge >= 0.3 is 48.4 Å². The molecule has 2 nitrogen and oxygen atoms in total. The molecule has 0 aromatic heterocycles. The van der Waals surface area contributed by atoms with Crippen LogP contribution in [0, 0.1) is 0 Å². The standard InChI is InChI=1S/C8F17NO/c9-1(3(11,12)13)6(20,21)26(8(24,25)5(17,18)19)7(22,23)2(10,27-1)4(14,15)16. The van der Waals surface area contributed by atoms with Crippen LogP contribution in [0.4, 0.5) is 74.6 Å². The Kier molecular flexibility index (Phi) is 4.76. The van der Waals surface area contributed by atoms with E-state index in [4.69, 9.17) is 0 Å². The summed E-state index contributed by atoms with van der Waals surface area (Å²) < 4.78 is 218. The van der Waals surface area contributed by atoms with Gasteiger partial charge in [0.1, 0.15) is 0 Å². The number of halogens is 17. The van der Waals surface area contributed by atoms with E-state index in [0.29, 0.717) is 0 Å². The van der Waals surface area contributed by atoms with Gasteiger partial charge in [0.15, 0.2) is 0 Å². The molecule has 0 aliphatic carbocycles. The average molecular weight is 449 g/mol. The first kappa shape index (κ1) is 23.8. The number of nitrogens with zero attached hydrogens (tertiary/aromatic N) is 1. The number of ether oxygens (including phenoxy) is 1. The molecule has 2 atom stereocenters. The summed E-state index contributed by atoms with van der Waals surface area (Å²) in [6.45, 7) is 0. The number of alkyl halides is 17. The molecule has 1 rings (SSSR count). The number of morpholine rings is 1. The van der Waals surface area contributed by atoms with Crippen molar-refractivity contribution in [2.45, 2.75) is 48.4 Å². The van der Waals surface area contributed by atoms with E-state index in [2.05, 4.69) is 0 Å². The molecule has 1 saturated heterocycles. The molecule has 0 spiro atoms. The fraction of sp³-hybridized carbons (Fsp3) is 1.00. The number of hydrogen-bond acceptors (Lipinski definition) is 2. The third-order valence-electron chi connectivity index (χ3n) is 2.97. The summed E-state index contributed by atoms with van der Waals surface area (Å²) in [6, 6.07) is -23.8. The van der Waals surface area contributed by atoms with Crippen LogP contribution in [0.2, 0.25) is 0 Å². The summed E-state index contributed by atoms with van der Waals surface area (Å²) >= 11 is 0. The van der Waals surface area contributed by atoms with Crippen LogP contribution in [-0.4, -0.2) is 53.3 Å². The summed E-state index contributed by atoms with van der Waals surface area (Å²) in [5.41, 5.74) is 0. The average Bonchev–Trinajstić information content (AvgIpc) is 2.31. The first-order chi connectivity index (χ1) is 11.3. The highest BCUT2D eigenvalue weighted by Gasteiger charge is 2.96. The minimum absolute atomic E-state index is 1.53. The Hall–Kier alpha value is -1.27. The SMILES string of the molecule is FC(F)(F)C(F)(F)N1C(F)(F)C(F)(C(F)(F)F)OC(F)(C(F)(F)F)C1(F)F. The molecule has 1 aliphatic heterocycles. The van der Waals surface area contributed by atoms with E-state index < -0.39 is 53.3 Å². The van der Waals surface area contributed by atoms with E-state index in [1.807, 2.05) is 0 Å². The maximum absolute atomic E-state index is 13.5. The maximum atomic E-state index is 13.5. The van der Waals surface area contributed by atoms with Crippen molar-refractivity contribution in [3.63, 3.8) is 0 Å². The van der Waals surface area contributed by atoms with Gasteiger partial charge in [0.05, 0.1) is 0 Å². The first-order valence-corrected chi connectivity index (χ1v) is 5.54. The van der Waals surface area contributed by atoms with E-state index in [-0.39, 0.29) is 0 Å². The van der Waals surface area contributed by atoms with Gasteiger partial charge in [0.25, 0.3) is 0 Å². The summed E-state index contributed by atoms with van der Waals surface area (Å²) in [4.78, 5) is -4.50. The third-order valence-corrected chi connectivity index (χ3v) is 2.97. The Labute approximate surface area is 134 Å². The Morgan fingerprint density at radius 1 is 0.519 bits per heavy atom. The van der Waals surface area contributed by atoms with Crippen molar-refractivity contribution in [1.82, 2.24) is 4.90 Å². The smallest absolute Gasteiger partial charge is 0.282 e. The lowest BCUT2D eigenvalue weighted by Gasteiger charge is -2.54. The number of hydrogen-bond donors (Lipinski definition) is 0. The molecule has 0 N–H and O–H groups in total. The van der Waals surface area contributed by atoms with Gasteiger partial charge in [-0.25, -0.2) is 0 Å². The Balaban J connectivity index is 4.02. The van der Waals surface area contributed by atoms with Crippen LogP contribution < -0.4 is 0 Å². The molecule has 0 aromatic rings. The zero-order valence-electron chi connectivity index (χ0n) is 11.3. The van der Waals surface area contributed by atoms with Crippen LogP contribution in [-0.2, 0) is 4.74 Å². The van der Waals surface area contributed by atoms with Crippen LogP contribution in [0.5, 0.6) is 0 Å². The topological polar surface area (TPSA) is 12.5 Å². The Morgan fingerprint density at radius 3 is 0.963 bits per heavy atom. The molecule has 0 saturated carbocycles. The lowest BCUT2D eigenvalue weighted by Crippen LogP contribution is -2.85. The van der Waals surface area contributed by atoms with Gasteiger partial charge in [-0.05, 0) is 0 Å². The van der Waals surface area contributed by atoms with Crippen LogP contribution >= 0.6 is 0 Å². The normalized spacial score (nSPS) is 33.2. The monoisotopic (exact) mass is 449 g/mol. The largest absolute Gasteiger partial charge is 0.469 e. The lowest BCUT2D eigenvalue weighted by molar-refractivity contribution is -0.605. The van der Waals surface area contributed by atoms with Gasteiger partial charge in [0.2, 0.25) is 0 Å². The molecule has 0 bridgehead atoms. The molecule has 1 fully saturated rings. The second-order valence-corrected chi connectivity index (χ2v) is 4.75. The van der Waals surface area contributed by atoms with E-state index in [9.17, 15) is 74.6 Å². The van der Waals surface area contributed by atoms with Crippen LogP contribution in [0.1, 0.15) is 0 Å². The Morgan fingerprint density at radius 2 is 0.778 bits per heavy atom. The minimum atomic E-state index is -8.00. The zero-order valence-corrected chi connectivity index (χ0v) is 11.3. The first-order valence-electron chi connectivity index (χ1n) is 5.54. The van der Waals surface area contributed by atoms with Gasteiger partial charge in [-0.2, -0.15) is 74.6 Å². The van der Waals surface area contributed by atoms with Crippen molar-refractivity contribution < 1.29 is 79.4 Å². The van der Waals surface area contributed by atoms with Crippen molar-refractivity contribution >= 4 is 0 Å². The lowest BCUT2D eigenvalue weighted by atomic mass is 10.0. The second kappa shape index (κ2) is 5.41. The molecule has 27 heavy (non-hydrogen) atoms. The third kappa shape index (κ3) is 2.79. The quantitative estimate of drug-likeness (QED) is 0.408. The number of rotatable bonds is 1. The van der Waals surface area contributed by atoms with Gasteiger partial charge in [-0.1, -0.05) is 0 Å². The van der Waals surface area contributed by atoms with E-state index in [1.54, 1.807) is 0 Å². The summed E-state index contributed by atoms with van der Waals surface area (Å²) in [5.74, 6) is -15.4. The molecule has 19 heteroatoms. The highest BCUT2D eigenvalue weighted by atomic mass is 19.4. The molecular formula is C8F17NO. The van der Waals surface area contributed by atoms with Gasteiger partial charge in [-0.15, -0.1) is 4.90 Å². The van der Waals surface area contributed by atoms with Gasteiger partial charge in [0, 0.05) is 0 Å². The summed E-state index contributed by atoms with van der Waals surface area (Å²) in [5, 5.41) is 0. The fourth-order valence-electron chi connectivity index (χ4n) is 1.72. The summed E-state index contributed by atoms with van der Waals surface area (Å²) in [6.07, 6.45) is -23.1. The van der Waals surface area contributed by atoms with Crippen molar-refractivity contribution in [3.8, 4) is 0 Å². The van der Waals surface area contributed by atoms with Crippen LogP contribution in [0.25, 0.3) is 0 Å². The molecule has 0 radical (unpaired) electrons. The molecule has 0 aromatic carbocycles. The van der Waals surface area contributed by atoms with Gasteiger partial charge in [-0.3, -0.25) is 4.74 Å². The molecule has 1 heterocycles. The fourth-order valence-corrected chi connectivity index (χ4v) is 1.72. The van der Waals surface area contributed by atoms with Crippen LogP contribution in [0.3, 0.4) is 0 Å². The van der Waals surface area contributed by atoms with E-state index in [1.165, 1.54) is 4.74 Å². The molecule has 162 valence electrons. The van der Waals surface area contributed by atoms with Crippen molar-refractivity contribution in [2.24, 2.45) is 0 Å². The van der Waals surface area contributed by atoms with Crippen molar-refractivity contribution in [1.29, 1.82) is 0 Å². The maximum Gasteiger partial charge on any atom is 0.469 e. The van der Waals surface area contributed by atoms with E-state index >= 15 is 0 Å². The second-order valence-electron chi connectivity index (χ2n) is 4.75. The highest BCUT2D eigenvalue weighted by molar-refractivity contribution is 5.10. The predicted octanol–water partition coefficient (Wildman–Crippen LogP) is 5.12. The van der Waals surface area contributed by atoms with Gasteiger partial charge < -0.3 is 0 Å². The predicted molar refractivity (Wildman–Crippen MR) is 43.6 cm³/mol. The minimum Gasteiger partial charge on any atom is -0.282 e. The molecule has 0 amide bonds. The zero-order chi connectivity index (χ0) is 22.3. The van der Waals surface area contributed by atoms with Crippen LogP contribution in [0.15, 0.2) is 0 Å². The highest BCUT2D eigenvalue weighted by Crippen LogP contribution is 2.66. The summed E-state index contributed by atoms with van der Waals surface area (Å²) in [7, 11) is 0. The Bertz CT molecular complexity index is 549.